The van der Waals surface area contributed by atoms with Gasteiger partial charge in [-0.3, -0.25) is 0 Å². The molecule has 22 heavy (non-hydrogen) atoms. The summed E-state index contributed by atoms with van der Waals surface area (Å²) >= 11 is 0. The maximum atomic E-state index is 10.9. The number of benzene rings is 1. The minimum Gasteiger partial charge on any atom is -0.392 e. The maximum Gasteiger partial charge on any atom is 0.0956 e. The molecule has 1 aromatic heterocycles. The van der Waals surface area contributed by atoms with Gasteiger partial charge in [0.15, 0.2) is 0 Å². The predicted molar refractivity (Wildman–Crippen MR) is 89.6 cm³/mol. The van der Waals surface area contributed by atoms with Gasteiger partial charge in [-0.1, -0.05) is 52.0 Å². The first kappa shape index (κ1) is 15.3. The second kappa shape index (κ2) is 5.88. The van der Waals surface area contributed by atoms with Gasteiger partial charge in [-0.25, -0.2) is 4.98 Å². The standard InChI is InChI=1S/C19H26N2O/c1-12(2)9-16(19(22)13(3)4)18-15-8-6-5-7-14(15)17-10-20-11-21(17)18/h5-8,10-13,16,18-19,22H,9H2,1-4H3/t16-,18?,19-/m0/s1. The highest BCUT2D eigenvalue weighted by Gasteiger charge is 2.38. The Balaban J connectivity index is 2.08. The van der Waals surface area contributed by atoms with Gasteiger partial charge in [0, 0.05) is 11.5 Å². The third-order valence-corrected chi connectivity index (χ3v) is 4.79. The van der Waals surface area contributed by atoms with E-state index in [1.165, 1.54) is 16.8 Å². The predicted octanol–water partition coefficient (Wildman–Crippen LogP) is 4.13. The molecule has 3 heteroatoms. The van der Waals surface area contributed by atoms with E-state index in [1.807, 2.05) is 12.5 Å². The van der Waals surface area contributed by atoms with E-state index in [2.05, 4.69) is 61.5 Å². The van der Waals surface area contributed by atoms with E-state index in [0.29, 0.717) is 5.92 Å². The highest BCUT2D eigenvalue weighted by atomic mass is 16.3. The number of nitrogens with zero attached hydrogens (tertiary/aromatic N) is 2. The Morgan fingerprint density at radius 3 is 2.59 bits per heavy atom. The van der Waals surface area contributed by atoms with Gasteiger partial charge >= 0.3 is 0 Å². The van der Waals surface area contributed by atoms with Crippen molar-refractivity contribution in [2.24, 2.45) is 17.8 Å². The molecule has 3 nitrogen and oxygen atoms in total. The molecule has 1 unspecified atom stereocenters. The summed E-state index contributed by atoms with van der Waals surface area (Å²) in [4.78, 5) is 4.34. The third kappa shape index (κ3) is 2.48. The highest BCUT2D eigenvalue weighted by Crippen LogP contribution is 2.46. The molecule has 0 radical (unpaired) electrons. The van der Waals surface area contributed by atoms with E-state index in [0.717, 1.165) is 6.42 Å². The number of aromatic nitrogens is 2. The third-order valence-electron chi connectivity index (χ3n) is 4.79. The van der Waals surface area contributed by atoms with Gasteiger partial charge in [-0.15, -0.1) is 0 Å². The molecule has 1 aromatic carbocycles. The fraction of sp³-hybridized carbons (Fsp3) is 0.526. The van der Waals surface area contributed by atoms with Gasteiger partial charge in [0.2, 0.25) is 0 Å². The molecule has 0 spiro atoms. The fourth-order valence-electron chi connectivity index (χ4n) is 3.80. The Morgan fingerprint density at radius 1 is 1.18 bits per heavy atom. The molecule has 118 valence electrons. The average molecular weight is 298 g/mol. The van der Waals surface area contributed by atoms with E-state index in [1.54, 1.807) is 0 Å². The SMILES string of the molecule is CC(C)C[C@@H](C1c2ccccc2-c2cncn21)[C@@H](O)C(C)C. The number of hydrogen-bond donors (Lipinski definition) is 1. The summed E-state index contributed by atoms with van der Waals surface area (Å²) in [6.45, 7) is 8.67. The lowest BCUT2D eigenvalue weighted by Crippen LogP contribution is -2.34. The van der Waals surface area contributed by atoms with Crippen LogP contribution in [0.25, 0.3) is 11.3 Å². The van der Waals surface area contributed by atoms with Crippen molar-refractivity contribution in [1.29, 1.82) is 0 Å². The zero-order chi connectivity index (χ0) is 15.9. The molecule has 1 aliphatic heterocycles. The van der Waals surface area contributed by atoms with Crippen molar-refractivity contribution in [3.05, 3.63) is 42.4 Å². The molecule has 1 N–H and O–H groups in total. The Labute approximate surface area is 133 Å². The first-order valence-corrected chi connectivity index (χ1v) is 8.30. The van der Waals surface area contributed by atoms with Crippen LogP contribution in [0.1, 0.15) is 45.7 Å². The normalized spacial score (nSPS) is 19.3. The summed E-state index contributed by atoms with van der Waals surface area (Å²) in [5, 5.41) is 10.9. The van der Waals surface area contributed by atoms with Crippen LogP contribution in [0.4, 0.5) is 0 Å². The van der Waals surface area contributed by atoms with Gasteiger partial charge in [-0.2, -0.15) is 0 Å². The summed E-state index contributed by atoms with van der Waals surface area (Å²) in [5.41, 5.74) is 3.75. The van der Waals surface area contributed by atoms with Crippen LogP contribution in [-0.4, -0.2) is 20.8 Å². The minimum absolute atomic E-state index is 0.188. The van der Waals surface area contributed by atoms with Crippen LogP contribution in [-0.2, 0) is 0 Å². The van der Waals surface area contributed by atoms with Crippen LogP contribution in [0.15, 0.2) is 36.8 Å². The molecular formula is C19H26N2O. The number of hydrogen-bond acceptors (Lipinski definition) is 2. The van der Waals surface area contributed by atoms with Crippen LogP contribution in [0.2, 0.25) is 0 Å². The first-order valence-electron chi connectivity index (χ1n) is 8.30. The van der Waals surface area contributed by atoms with Gasteiger partial charge in [-0.05, 0) is 23.8 Å². The van der Waals surface area contributed by atoms with Gasteiger partial charge in [0.1, 0.15) is 0 Å². The largest absolute Gasteiger partial charge is 0.392 e. The Hall–Kier alpha value is -1.61. The summed E-state index contributed by atoms with van der Waals surface area (Å²) in [6, 6.07) is 8.73. The molecule has 0 aliphatic carbocycles. The number of imidazole rings is 1. The molecule has 1 aliphatic rings. The Kier molecular flexibility index (Phi) is 4.09. The van der Waals surface area contributed by atoms with Gasteiger partial charge in [0.05, 0.1) is 30.4 Å². The zero-order valence-electron chi connectivity index (χ0n) is 13.9. The van der Waals surface area contributed by atoms with Crippen molar-refractivity contribution in [1.82, 2.24) is 9.55 Å². The van der Waals surface area contributed by atoms with Crippen molar-refractivity contribution in [3.63, 3.8) is 0 Å². The number of fused-ring (bicyclic) bond motifs is 3. The zero-order valence-corrected chi connectivity index (χ0v) is 13.9. The van der Waals surface area contributed by atoms with Crippen LogP contribution < -0.4 is 0 Å². The summed E-state index contributed by atoms with van der Waals surface area (Å²) in [7, 11) is 0. The van der Waals surface area contributed by atoms with Crippen molar-refractivity contribution < 1.29 is 5.11 Å². The van der Waals surface area contributed by atoms with E-state index in [9.17, 15) is 5.11 Å². The monoisotopic (exact) mass is 298 g/mol. The van der Waals surface area contributed by atoms with Crippen LogP contribution in [0.3, 0.4) is 0 Å². The lowest BCUT2D eigenvalue weighted by atomic mass is 9.79. The number of rotatable bonds is 5. The van der Waals surface area contributed by atoms with Gasteiger partial charge in [0.25, 0.3) is 0 Å². The molecule has 0 saturated heterocycles. The van der Waals surface area contributed by atoms with Crippen molar-refractivity contribution >= 4 is 0 Å². The Bertz CT molecular complexity index is 644. The minimum atomic E-state index is -0.311. The molecule has 2 aromatic rings. The van der Waals surface area contributed by atoms with Crippen molar-refractivity contribution in [2.75, 3.05) is 0 Å². The topological polar surface area (TPSA) is 38.0 Å². The number of aliphatic hydroxyl groups excluding tert-OH is 1. The highest BCUT2D eigenvalue weighted by molar-refractivity contribution is 5.69. The van der Waals surface area contributed by atoms with E-state index in [4.69, 9.17) is 0 Å². The van der Waals surface area contributed by atoms with Crippen molar-refractivity contribution in [2.45, 2.75) is 46.3 Å². The molecule has 0 amide bonds. The van der Waals surface area contributed by atoms with E-state index >= 15 is 0 Å². The summed E-state index contributed by atoms with van der Waals surface area (Å²) in [6.07, 6.45) is 4.55. The molecule has 0 bridgehead atoms. The molecule has 3 rings (SSSR count). The molecule has 0 saturated carbocycles. The summed E-state index contributed by atoms with van der Waals surface area (Å²) < 4.78 is 2.25. The Morgan fingerprint density at radius 2 is 1.91 bits per heavy atom. The summed E-state index contributed by atoms with van der Waals surface area (Å²) in [5.74, 6) is 1.01. The second-order valence-electron chi connectivity index (χ2n) is 7.25. The lowest BCUT2D eigenvalue weighted by molar-refractivity contribution is 0.0364. The maximum absolute atomic E-state index is 10.9. The first-order chi connectivity index (χ1) is 10.5. The molecule has 2 heterocycles. The van der Waals surface area contributed by atoms with Gasteiger partial charge < -0.3 is 9.67 Å². The smallest absolute Gasteiger partial charge is 0.0956 e. The number of aliphatic hydroxyl groups is 1. The second-order valence-corrected chi connectivity index (χ2v) is 7.25. The van der Waals surface area contributed by atoms with E-state index < -0.39 is 0 Å². The van der Waals surface area contributed by atoms with Crippen LogP contribution >= 0.6 is 0 Å². The van der Waals surface area contributed by atoms with Crippen LogP contribution in [0.5, 0.6) is 0 Å². The molecular weight excluding hydrogens is 272 g/mol. The quantitative estimate of drug-likeness (QED) is 0.901. The van der Waals surface area contributed by atoms with Crippen molar-refractivity contribution in [3.8, 4) is 11.3 Å². The molecule has 0 fully saturated rings. The van der Waals surface area contributed by atoms with Crippen LogP contribution in [0, 0.1) is 17.8 Å². The van der Waals surface area contributed by atoms with E-state index in [-0.39, 0.29) is 24.0 Å². The molecule has 3 atom stereocenters. The average Bonchev–Trinajstić information content (AvgIpc) is 3.04. The fourth-order valence-corrected chi connectivity index (χ4v) is 3.80. The lowest BCUT2D eigenvalue weighted by Gasteiger charge is -2.33.